The van der Waals surface area contributed by atoms with E-state index in [9.17, 15) is 9.59 Å². The number of hydrogen-bond acceptors (Lipinski definition) is 3. The van der Waals surface area contributed by atoms with Crippen LogP contribution in [0, 0.1) is 6.92 Å². The Morgan fingerprint density at radius 2 is 1.45 bits per heavy atom. The van der Waals surface area contributed by atoms with Crippen molar-refractivity contribution in [3.05, 3.63) is 59.7 Å². The lowest BCUT2D eigenvalue weighted by Gasteiger charge is -2.22. The molecule has 2 N–H and O–H groups in total. The normalized spacial score (nSPS) is 11.9. The number of amides is 2. The summed E-state index contributed by atoms with van der Waals surface area (Å²) in [7, 11) is 0. The minimum absolute atomic E-state index is 0.0992. The van der Waals surface area contributed by atoms with Crippen LogP contribution in [-0.2, 0) is 9.59 Å². The van der Waals surface area contributed by atoms with Gasteiger partial charge in [0, 0.05) is 11.4 Å². The van der Waals surface area contributed by atoms with Crippen molar-refractivity contribution in [2.75, 3.05) is 30.3 Å². The second-order valence-electron chi connectivity index (χ2n) is 7.52. The van der Waals surface area contributed by atoms with Crippen LogP contribution >= 0.6 is 0 Å². The van der Waals surface area contributed by atoms with Crippen LogP contribution in [0.5, 0.6) is 0 Å². The topological polar surface area (TPSA) is 61.4 Å². The molecule has 0 spiro atoms. The van der Waals surface area contributed by atoms with Gasteiger partial charge in [0.05, 0.1) is 13.1 Å². The number of rotatable bonds is 10. The molecule has 2 rings (SSSR count). The Balaban J connectivity index is 1.98. The summed E-state index contributed by atoms with van der Waals surface area (Å²) in [5.41, 5.74) is 3.82. The van der Waals surface area contributed by atoms with Crippen LogP contribution in [-0.4, -0.2) is 36.3 Å². The molecular formula is C24H33N3O2. The van der Waals surface area contributed by atoms with Crippen molar-refractivity contribution in [3.8, 4) is 0 Å². The molecule has 0 radical (unpaired) electrons. The van der Waals surface area contributed by atoms with Crippen molar-refractivity contribution >= 4 is 23.2 Å². The molecule has 0 aliphatic carbocycles. The van der Waals surface area contributed by atoms with Gasteiger partial charge in [0.1, 0.15) is 0 Å². The van der Waals surface area contributed by atoms with Crippen molar-refractivity contribution in [1.29, 1.82) is 0 Å². The molecule has 0 saturated carbocycles. The van der Waals surface area contributed by atoms with Gasteiger partial charge >= 0.3 is 0 Å². The van der Waals surface area contributed by atoms with Gasteiger partial charge in [-0.2, -0.15) is 0 Å². The minimum atomic E-state index is -0.111. The quantitative estimate of drug-likeness (QED) is 0.607. The summed E-state index contributed by atoms with van der Waals surface area (Å²) in [6, 6.07) is 15.6. The summed E-state index contributed by atoms with van der Waals surface area (Å²) < 4.78 is 0. The number of aryl methyl sites for hydroxylation is 1. The van der Waals surface area contributed by atoms with Gasteiger partial charge in [-0.3, -0.25) is 14.5 Å². The Hall–Kier alpha value is -2.66. The molecule has 0 aliphatic heterocycles. The molecule has 0 heterocycles. The first-order valence-electron chi connectivity index (χ1n) is 10.4. The molecule has 1 atom stereocenters. The average Bonchev–Trinajstić information content (AvgIpc) is 2.69. The van der Waals surface area contributed by atoms with Crippen molar-refractivity contribution in [1.82, 2.24) is 4.90 Å². The Morgan fingerprint density at radius 3 is 2.03 bits per heavy atom. The van der Waals surface area contributed by atoms with Crippen molar-refractivity contribution < 1.29 is 9.59 Å². The molecule has 2 aromatic rings. The maximum absolute atomic E-state index is 12.7. The van der Waals surface area contributed by atoms with Crippen LogP contribution < -0.4 is 10.6 Å². The van der Waals surface area contributed by atoms with Gasteiger partial charge < -0.3 is 10.6 Å². The van der Waals surface area contributed by atoms with Crippen molar-refractivity contribution in [3.63, 3.8) is 0 Å². The molecule has 156 valence electrons. The second kappa shape index (κ2) is 11.4. The SMILES string of the molecule is CCCN(CC(=O)Nc1ccccc1C)CC(=O)Nc1ccccc1[C@@H](C)CC. The average molecular weight is 396 g/mol. The van der Waals surface area contributed by atoms with E-state index in [0.29, 0.717) is 12.5 Å². The summed E-state index contributed by atoms with van der Waals surface area (Å²) in [4.78, 5) is 27.0. The number of anilines is 2. The molecule has 5 nitrogen and oxygen atoms in total. The van der Waals surface area contributed by atoms with Crippen LogP contribution in [0.4, 0.5) is 11.4 Å². The molecule has 2 amide bonds. The third-order valence-electron chi connectivity index (χ3n) is 5.07. The van der Waals surface area contributed by atoms with Gasteiger partial charge in [-0.15, -0.1) is 0 Å². The molecule has 0 aromatic heterocycles. The van der Waals surface area contributed by atoms with E-state index in [1.54, 1.807) is 0 Å². The fourth-order valence-corrected chi connectivity index (χ4v) is 3.29. The predicted molar refractivity (Wildman–Crippen MR) is 120 cm³/mol. The second-order valence-corrected chi connectivity index (χ2v) is 7.52. The number of benzene rings is 2. The van der Waals surface area contributed by atoms with Gasteiger partial charge in [0.25, 0.3) is 0 Å². The molecule has 29 heavy (non-hydrogen) atoms. The van der Waals surface area contributed by atoms with E-state index in [1.165, 1.54) is 0 Å². The highest BCUT2D eigenvalue weighted by atomic mass is 16.2. The highest BCUT2D eigenvalue weighted by Gasteiger charge is 2.16. The van der Waals surface area contributed by atoms with Crippen LogP contribution in [0.15, 0.2) is 48.5 Å². The molecule has 5 heteroatoms. The molecule has 0 fully saturated rings. The first-order valence-corrected chi connectivity index (χ1v) is 10.4. The van der Waals surface area contributed by atoms with Crippen LogP contribution in [0.25, 0.3) is 0 Å². The zero-order valence-corrected chi connectivity index (χ0v) is 18.0. The highest BCUT2D eigenvalue weighted by Crippen LogP contribution is 2.26. The Kier molecular flexibility index (Phi) is 8.87. The lowest BCUT2D eigenvalue weighted by molar-refractivity contribution is -0.120. The van der Waals surface area contributed by atoms with E-state index < -0.39 is 0 Å². The van der Waals surface area contributed by atoms with Crippen molar-refractivity contribution in [2.24, 2.45) is 0 Å². The Labute approximate surface area is 174 Å². The number of carbonyl (C=O) groups is 2. The van der Waals surface area contributed by atoms with E-state index in [-0.39, 0.29) is 24.9 Å². The standard InChI is InChI=1S/C24H33N3O2/c1-5-15-27(16-23(28)25-21-13-9-7-11-19(21)4)17-24(29)26-22-14-10-8-12-20(22)18(3)6-2/h7-14,18H,5-6,15-17H2,1-4H3,(H,25,28)(H,26,29)/t18-/m0/s1. The van der Waals surface area contributed by atoms with Gasteiger partial charge in [0.15, 0.2) is 0 Å². The van der Waals surface area contributed by atoms with Crippen LogP contribution in [0.1, 0.15) is 50.7 Å². The fraction of sp³-hybridized carbons (Fsp3) is 0.417. The number of para-hydroxylation sites is 2. The summed E-state index contributed by atoms with van der Waals surface area (Å²) in [5, 5.41) is 5.98. The maximum atomic E-state index is 12.7. The summed E-state index contributed by atoms with van der Waals surface area (Å²) in [5.74, 6) is 0.164. The summed E-state index contributed by atoms with van der Waals surface area (Å²) in [6.45, 7) is 9.35. The molecule has 0 bridgehead atoms. The first-order chi connectivity index (χ1) is 13.9. The van der Waals surface area contributed by atoms with E-state index in [1.807, 2.05) is 61.2 Å². The van der Waals surface area contributed by atoms with E-state index in [2.05, 4.69) is 30.5 Å². The largest absolute Gasteiger partial charge is 0.325 e. The van der Waals surface area contributed by atoms with E-state index >= 15 is 0 Å². The van der Waals surface area contributed by atoms with E-state index in [0.717, 1.165) is 35.3 Å². The van der Waals surface area contributed by atoms with E-state index in [4.69, 9.17) is 0 Å². The monoisotopic (exact) mass is 395 g/mol. The lowest BCUT2D eigenvalue weighted by atomic mass is 9.97. The summed E-state index contributed by atoms with van der Waals surface area (Å²) in [6.07, 6.45) is 1.88. The minimum Gasteiger partial charge on any atom is -0.325 e. The maximum Gasteiger partial charge on any atom is 0.238 e. The smallest absolute Gasteiger partial charge is 0.238 e. The van der Waals surface area contributed by atoms with Gasteiger partial charge in [-0.05, 0) is 55.5 Å². The molecule has 0 unspecified atom stereocenters. The molecule has 0 aliphatic rings. The zero-order valence-electron chi connectivity index (χ0n) is 18.0. The third-order valence-corrected chi connectivity index (χ3v) is 5.07. The van der Waals surface area contributed by atoms with Gasteiger partial charge in [-0.25, -0.2) is 0 Å². The predicted octanol–water partition coefficient (Wildman–Crippen LogP) is 4.80. The molecular weight excluding hydrogens is 362 g/mol. The highest BCUT2D eigenvalue weighted by molar-refractivity contribution is 5.95. The number of nitrogens with zero attached hydrogens (tertiary/aromatic N) is 1. The molecule has 2 aromatic carbocycles. The first kappa shape index (κ1) is 22.6. The third kappa shape index (κ3) is 7.02. The van der Waals surface area contributed by atoms with Gasteiger partial charge in [-0.1, -0.05) is 57.2 Å². The zero-order chi connectivity index (χ0) is 21.2. The Morgan fingerprint density at radius 1 is 0.897 bits per heavy atom. The number of carbonyl (C=O) groups excluding carboxylic acids is 2. The Bertz CT molecular complexity index is 819. The molecule has 0 saturated heterocycles. The number of hydrogen-bond donors (Lipinski definition) is 2. The van der Waals surface area contributed by atoms with Gasteiger partial charge in [0.2, 0.25) is 11.8 Å². The van der Waals surface area contributed by atoms with Crippen LogP contribution in [0.3, 0.4) is 0 Å². The lowest BCUT2D eigenvalue weighted by Crippen LogP contribution is -2.39. The van der Waals surface area contributed by atoms with Crippen LogP contribution in [0.2, 0.25) is 0 Å². The van der Waals surface area contributed by atoms with Crippen molar-refractivity contribution in [2.45, 2.75) is 46.5 Å². The number of nitrogens with one attached hydrogen (secondary N) is 2. The summed E-state index contributed by atoms with van der Waals surface area (Å²) >= 11 is 0. The fourth-order valence-electron chi connectivity index (χ4n) is 3.29.